The molecule has 0 spiro atoms. The maximum Gasteiger partial charge on any atom is 0.417 e. The molecule has 2 amide bonds. The Kier molecular flexibility index (Phi) is 6.74. The minimum atomic E-state index is -4.55. The highest BCUT2D eigenvalue weighted by Crippen LogP contribution is 2.32. The van der Waals surface area contributed by atoms with Gasteiger partial charge in [-0.2, -0.15) is 18.3 Å². The Balaban J connectivity index is 1.53. The molecule has 1 saturated heterocycles. The molecule has 1 aromatic rings. The zero-order chi connectivity index (χ0) is 22.8. The molecule has 3 rings (SSSR count). The zero-order valence-electron chi connectivity index (χ0n) is 16.1. The quantitative estimate of drug-likeness (QED) is 0.593. The average Bonchev–Trinajstić information content (AvgIpc) is 3.05. The van der Waals surface area contributed by atoms with Crippen LogP contribution in [0.1, 0.15) is 24.8 Å². The number of carbonyl (C=O) groups is 2. The molecule has 1 unspecified atom stereocenters. The summed E-state index contributed by atoms with van der Waals surface area (Å²) in [7, 11) is -3.22. The molecule has 1 fully saturated rings. The Morgan fingerprint density at radius 2 is 2.03 bits per heavy atom. The highest BCUT2D eigenvalue weighted by Gasteiger charge is 2.37. The summed E-state index contributed by atoms with van der Waals surface area (Å²) in [4.78, 5) is 28.1. The van der Waals surface area contributed by atoms with Crippen LogP contribution in [0.25, 0.3) is 0 Å². The summed E-state index contributed by atoms with van der Waals surface area (Å²) < 4.78 is 61.2. The van der Waals surface area contributed by atoms with Gasteiger partial charge < -0.3 is 10.6 Å². The summed E-state index contributed by atoms with van der Waals surface area (Å²) in [6.07, 6.45) is -3.45. The first kappa shape index (κ1) is 23.3. The first-order chi connectivity index (χ1) is 14.5. The molecule has 14 heteroatoms. The Hall–Kier alpha value is -2.41. The van der Waals surface area contributed by atoms with E-state index in [2.05, 4.69) is 20.7 Å². The third kappa shape index (κ3) is 5.85. The smallest absolute Gasteiger partial charge is 0.367 e. The molecule has 0 saturated carbocycles. The van der Waals surface area contributed by atoms with Crippen molar-refractivity contribution in [2.75, 3.05) is 29.9 Å². The number of hydrazone groups is 1. The van der Waals surface area contributed by atoms with E-state index in [-0.39, 0.29) is 66.3 Å². The van der Waals surface area contributed by atoms with E-state index in [1.165, 1.54) is 0 Å². The maximum atomic E-state index is 12.6. The summed E-state index contributed by atoms with van der Waals surface area (Å²) in [6, 6.07) is 0.177. The molecule has 1 aromatic heterocycles. The molecule has 170 valence electrons. The first-order valence-corrected chi connectivity index (χ1v) is 11.5. The Morgan fingerprint density at radius 3 is 2.65 bits per heavy atom. The Bertz CT molecular complexity index is 1020. The Labute approximate surface area is 180 Å². The zero-order valence-corrected chi connectivity index (χ0v) is 17.6. The van der Waals surface area contributed by atoms with Crippen LogP contribution in [0, 0.1) is 0 Å². The number of carbonyl (C=O) groups excluding carboxylic acids is 2. The number of alkyl halides is 3. The molecule has 9 nitrogen and oxygen atoms in total. The van der Waals surface area contributed by atoms with Crippen molar-refractivity contribution in [1.82, 2.24) is 15.3 Å². The number of nitrogens with one attached hydrogen (secondary N) is 2. The standard InChI is InChI=1S/C17H19ClF3N5O4S/c18-12-7-10(17(19,20)21)8-24-15(12)22-4-5-23-16(28)13-1-2-14(27)26(25-13)11-3-6-31(29,30)9-11/h7-8,11H,1-6,9H2,(H,22,24)(H,23,28). The summed E-state index contributed by atoms with van der Waals surface area (Å²) in [6.45, 7) is 0.212. The molecule has 2 aliphatic rings. The molecule has 1 atom stereocenters. The van der Waals surface area contributed by atoms with Gasteiger partial charge in [0.05, 0.1) is 28.1 Å². The van der Waals surface area contributed by atoms with E-state index in [4.69, 9.17) is 11.6 Å². The molecule has 2 N–H and O–H groups in total. The summed E-state index contributed by atoms with van der Waals surface area (Å²) in [5.74, 6) is -1.01. The highest BCUT2D eigenvalue weighted by molar-refractivity contribution is 7.91. The van der Waals surface area contributed by atoms with Crippen molar-refractivity contribution in [2.24, 2.45) is 5.10 Å². The van der Waals surface area contributed by atoms with E-state index >= 15 is 0 Å². The Morgan fingerprint density at radius 1 is 1.29 bits per heavy atom. The van der Waals surface area contributed by atoms with Crippen molar-refractivity contribution in [3.8, 4) is 0 Å². The van der Waals surface area contributed by atoms with Crippen LogP contribution in [-0.4, -0.2) is 66.6 Å². The number of hydrogen-bond donors (Lipinski definition) is 2. The number of rotatable bonds is 6. The second-order valence-corrected chi connectivity index (χ2v) is 9.71. The monoisotopic (exact) mass is 481 g/mol. The predicted octanol–water partition coefficient (Wildman–Crippen LogP) is 1.45. The minimum absolute atomic E-state index is 0.0231. The third-order valence-electron chi connectivity index (χ3n) is 4.75. The second kappa shape index (κ2) is 8.99. The molecule has 0 aliphatic carbocycles. The third-order valence-corrected chi connectivity index (χ3v) is 6.79. The molecule has 0 bridgehead atoms. The van der Waals surface area contributed by atoms with Gasteiger partial charge in [0.15, 0.2) is 9.84 Å². The summed E-state index contributed by atoms with van der Waals surface area (Å²) in [5.41, 5.74) is -0.865. The lowest BCUT2D eigenvalue weighted by atomic mass is 10.1. The van der Waals surface area contributed by atoms with Crippen LogP contribution >= 0.6 is 11.6 Å². The fraction of sp³-hybridized carbons (Fsp3) is 0.529. The van der Waals surface area contributed by atoms with E-state index in [9.17, 15) is 31.2 Å². The van der Waals surface area contributed by atoms with Crippen molar-refractivity contribution in [1.29, 1.82) is 0 Å². The molecular formula is C17H19ClF3N5O4S. The van der Waals surface area contributed by atoms with Gasteiger partial charge >= 0.3 is 6.18 Å². The van der Waals surface area contributed by atoms with E-state index in [0.717, 1.165) is 11.1 Å². The lowest BCUT2D eigenvalue weighted by Crippen LogP contribution is -2.44. The largest absolute Gasteiger partial charge is 0.417 e. The van der Waals surface area contributed by atoms with E-state index in [0.29, 0.717) is 6.20 Å². The fourth-order valence-corrected chi connectivity index (χ4v) is 5.10. The molecular weight excluding hydrogens is 463 g/mol. The maximum absolute atomic E-state index is 12.6. The molecule has 0 aromatic carbocycles. The number of nitrogens with zero attached hydrogens (tertiary/aromatic N) is 3. The summed E-state index contributed by atoms with van der Waals surface area (Å²) in [5, 5.41) is 10.2. The SMILES string of the molecule is O=C(NCCNc1ncc(C(F)(F)F)cc1Cl)C1=NN(C2CCS(=O)(=O)C2)C(=O)CC1. The molecule has 2 aliphatic heterocycles. The molecule has 0 radical (unpaired) electrons. The van der Waals surface area contributed by atoms with Crippen molar-refractivity contribution in [3.63, 3.8) is 0 Å². The minimum Gasteiger partial charge on any atom is -0.367 e. The second-order valence-electron chi connectivity index (χ2n) is 7.08. The number of amides is 2. The first-order valence-electron chi connectivity index (χ1n) is 9.31. The number of aromatic nitrogens is 1. The van der Waals surface area contributed by atoms with Gasteiger partial charge in [0, 0.05) is 32.1 Å². The van der Waals surface area contributed by atoms with Gasteiger partial charge in [-0.05, 0) is 12.5 Å². The highest BCUT2D eigenvalue weighted by atomic mass is 35.5. The van der Waals surface area contributed by atoms with E-state index < -0.39 is 33.5 Å². The van der Waals surface area contributed by atoms with E-state index in [1.54, 1.807) is 0 Å². The summed E-state index contributed by atoms with van der Waals surface area (Å²) >= 11 is 5.80. The molecule has 31 heavy (non-hydrogen) atoms. The predicted molar refractivity (Wildman–Crippen MR) is 106 cm³/mol. The van der Waals surface area contributed by atoms with Crippen LogP contribution in [0.2, 0.25) is 5.02 Å². The van der Waals surface area contributed by atoms with Gasteiger partial charge in [0.1, 0.15) is 11.5 Å². The van der Waals surface area contributed by atoms with Crippen molar-refractivity contribution < 1.29 is 31.2 Å². The van der Waals surface area contributed by atoms with E-state index in [1.807, 2.05) is 0 Å². The van der Waals surface area contributed by atoms with Gasteiger partial charge in [-0.1, -0.05) is 11.6 Å². The van der Waals surface area contributed by atoms with Crippen LogP contribution in [0.5, 0.6) is 0 Å². The van der Waals surface area contributed by atoms with Gasteiger partial charge in [-0.25, -0.2) is 18.4 Å². The van der Waals surface area contributed by atoms with Crippen molar-refractivity contribution in [3.05, 3.63) is 22.8 Å². The van der Waals surface area contributed by atoms with Crippen molar-refractivity contribution >= 4 is 44.8 Å². The van der Waals surface area contributed by atoms with Gasteiger partial charge in [0.25, 0.3) is 5.91 Å². The van der Waals surface area contributed by atoms with Crippen LogP contribution in [-0.2, 0) is 25.6 Å². The number of hydrogen-bond acceptors (Lipinski definition) is 7. The van der Waals surface area contributed by atoms with Gasteiger partial charge in [-0.3, -0.25) is 9.59 Å². The van der Waals surface area contributed by atoms with Crippen molar-refractivity contribution in [2.45, 2.75) is 31.5 Å². The van der Waals surface area contributed by atoms with Crippen LogP contribution in [0.4, 0.5) is 19.0 Å². The topological polar surface area (TPSA) is 121 Å². The number of sulfone groups is 1. The van der Waals surface area contributed by atoms with Crippen LogP contribution in [0.15, 0.2) is 17.4 Å². The normalized spacial score (nSPS) is 21.0. The lowest BCUT2D eigenvalue weighted by Gasteiger charge is -2.27. The van der Waals surface area contributed by atoms with Gasteiger partial charge in [0.2, 0.25) is 5.91 Å². The van der Waals surface area contributed by atoms with Gasteiger partial charge in [-0.15, -0.1) is 0 Å². The number of halogens is 4. The fourth-order valence-electron chi connectivity index (χ4n) is 3.17. The number of pyridine rings is 1. The number of anilines is 1. The average molecular weight is 482 g/mol. The van der Waals surface area contributed by atoms with Crippen LogP contribution < -0.4 is 10.6 Å². The lowest BCUT2D eigenvalue weighted by molar-refractivity contribution is -0.138. The molecule has 3 heterocycles. The van der Waals surface area contributed by atoms with Crippen LogP contribution in [0.3, 0.4) is 0 Å².